The summed E-state index contributed by atoms with van der Waals surface area (Å²) in [5.74, 6) is -3.25. The van der Waals surface area contributed by atoms with Gasteiger partial charge in [-0.25, -0.2) is 4.79 Å². The number of hydrogen-bond acceptors (Lipinski definition) is 5. The van der Waals surface area contributed by atoms with Crippen molar-refractivity contribution >= 4 is 11.9 Å². The van der Waals surface area contributed by atoms with E-state index in [1.54, 1.807) is 0 Å². The molecule has 122 valence electrons. The summed E-state index contributed by atoms with van der Waals surface area (Å²) in [7, 11) is 2.28. The highest BCUT2D eigenvalue weighted by Crippen LogP contribution is 2.23. The number of ether oxygens (including phenoxy) is 2. The number of aliphatic hydroxyl groups excluding tert-OH is 1. The van der Waals surface area contributed by atoms with Crippen molar-refractivity contribution < 1.29 is 37.3 Å². The van der Waals surface area contributed by atoms with Gasteiger partial charge in [0, 0.05) is 0 Å². The number of hydrogen-bond donors (Lipinski definition) is 2. The second kappa shape index (κ2) is 7.12. The molecule has 0 aromatic heterocycles. The monoisotopic (exact) mass is 321 g/mol. The number of carbonyl (C=O) groups excluding carboxylic acids is 2. The Morgan fingerprint density at radius 3 is 2.41 bits per heavy atom. The van der Waals surface area contributed by atoms with E-state index in [1.807, 2.05) is 0 Å². The average molecular weight is 321 g/mol. The summed E-state index contributed by atoms with van der Waals surface area (Å²) >= 11 is 0. The lowest BCUT2D eigenvalue weighted by molar-refractivity contribution is -0.177. The Hall–Kier alpha value is -2.29. The van der Waals surface area contributed by atoms with E-state index in [4.69, 9.17) is 4.74 Å². The highest BCUT2D eigenvalue weighted by atomic mass is 19.4. The molecule has 6 nitrogen and oxygen atoms in total. The first kappa shape index (κ1) is 17.8. The summed E-state index contributed by atoms with van der Waals surface area (Å²) in [5.41, 5.74) is 0.0808. The van der Waals surface area contributed by atoms with Crippen LogP contribution in [0.3, 0.4) is 0 Å². The summed E-state index contributed by atoms with van der Waals surface area (Å²) in [5, 5.41) is 11.5. The van der Waals surface area contributed by atoms with Crippen molar-refractivity contribution in [2.75, 3.05) is 14.2 Å². The first-order valence-corrected chi connectivity index (χ1v) is 5.98. The number of esters is 1. The van der Waals surface area contributed by atoms with Gasteiger partial charge in [0.05, 0.1) is 14.2 Å². The molecule has 0 heterocycles. The van der Waals surface area contributed by atoms with Crippen LogP contribution in [0.4, 0.5) is 13.2 Å². The van der Waals surface area contributed by atoms with E-state index in [0.29, 0.717) is 5.75 Å². The zero-order chi connectivity index (χ0) is 16.9. The van der Waals surface area contributed by atoms with Gasteiger partial charge in [-0.05, 0) is 17.7 Å². The molecular formula is C13H14F3NO5. The quantitative estimate of drug-likeness (QED) is 0.789. The standard InChI is InChI=1S/C13H14F3NO5/c1-21-8-5-3-4-7(6-8)10(18)9(11(19)22-2)17-12(20)13(14,15)16/h3-6,9-10,18H,1-2H3,(H,17,20)/t9-,10-/m0/s1. The Morgan fingerprint density at radius 1 is 1.27 bits per heavy atom. The lowest BCUT2D eigenvalue weighted by atomic mass is 10.0. The first-order chi connectivity index (χ1) is 10.2. The van der Waals surface area contributed by atoms with Crippen molar-refractivity contribution in [3.63, 3.8) is 0 Å². The van der Waals surface area contributed by atoms with Gasteiger partial charge in [0.1, 0.15) is 11.9 Å². The zero-order valence-corrected chi connectivity index (χ0v) is 11.7. The third-order valence-electron chi connectivity index (χ3n) is 2.75. The Balaban J connectivity index is 3.05. The Labute approximate surface area is 123 Å². The van der Waals surface area contributed by atoms with E-state index in [-0.39, 0.29) is 5.56 Å². The summed E-state index contributed by atoms with van der Waals surface area (Å²) < 4.78 is 46.1. The predicted octanol–water partition coefficient (Wildman–Crippen LogP) is 0.949. The zero-order valence-electron chi connectivity index (χ0n) is 11.7. The van der Waals surface area contributed by atoms with Crippen molar-refractivity contribution in [3.05, 3.63) is 29.8 Å². The number of methoxy groups -OCH3 is 2. The van der Waals surface area contributed by atoms with Crippen molar-refractivity contribution in [1.29, 1.82) is 0 Å². The summed E-state index contributed by atoms with van der Waals surface area (Å²) in [4.78, 5) is 22.5. The summed E-state index contributed by atoms with van der Waals surface area (Å²) in [6.45, 7) is 0. The molecule has 22 heavy (non-hydrogen) atoms. The van der Waals surface area contributed by atoms with Gasteiger partial charge < -0.3 is 19.9 Å². The molecule has 0 aliphatic rings. The fourth-order valence-corrected chi connectivity index (χ4v) is 1.63. The first-order valence-electron chi connectivity index (χ1n) is 5.98. The molecule has 0 spiro atoms. The molecule has 0 fully saturated rings. The van der Waals surface area contributed by atoms with Crippen LogP contribution in [0.25, 0.3) is 0 Å². The molecular weight excluding hydrogens is 307 g/mol. The number of nitrogens with one attached hydrogen (secondary N) is 1. The van der Waals surface area contributed by atoms with Gasteiger partial charge in [0.15, 0.2) is 6.04 Å². The number of aliphatic hydroxyl groups is 1. The van der Waals surface area contributed by atoms with Gasteiger partial charge in [-0.1, -0.05) is 12.1 Å². The van der Waals surface area contributed by atoms with Gasteiger partial charge in [-0.2, -0.15) is 13.2 Å². The Kier molecular flexibility index (Phi) is 5.75. The van der Waals surface area contributed by atoms with E-state index in [9.17, 15) is 27.9 Å². The Morgan fingerprint density at radius 2 is 1.91 bits per heavy atom. The smallest absolute Gasteiger partial charge is 0.471 e. The lowest BCUT2D eigenvalue weighted by Gasteiger charge is -2.23. The molecule has 0 aliphatic carbocycles. The normalized spacial score (nSPS) is 13.9. The molecule has 1 rings (SSSR count). The topological polar surface area (TPSA) is 84.9 Å². The predicted molar refractivity (Wildman–Crippen MR) is 68.0 cm³/mol. The van der Waals surface area contributed by atoms with Crippen molar-refractivity contribution in [2.24, 2.45) is 0 Å². The second-order valence-electron chi connectivity index (χ2n) is 4.19. The van der Waals surface area contributed by atoms with Crippen molar-refractivity contribution in [3.8, 4) is 5.75 Å². The molecule has 1 aromatic carbocycles. The van der Waals surface area contributed by atoms with Crippen molar-refractivity contribution in [1.82, 2.24) is 5.32 Å². The van der Waals surface area contributed by atoms with E-state index in [0.717, 1.165) is 7.11 Å². The molecule has 1 aromatic rings. The molecule has 0 radical (unpaired) electrons. The van der Waals surface area contributed by atoms with Gasteiger partial charge in [0.2, 0.25) is 0 Å². The van der Waals surface area contributed by atoms with E-state index >= 15 is 0 Å². The van der Waals surface area contributed by atoms with Gasteiger partial charge >= 0.3 is 18.1 Å². The second-order valence-corrected chi connectivity index (χ2v) is 4.19. The number of benzene rings is 1. The fraction of sp³-hybridized carbons (Fsp3) is 0.385. The fourth-order valence-electron chi connectivity index (χ4n) is 1.63. The van der Waals surface area contributed by atoms with Crippen LogP contribution >= 0.6 is 0 Å². The Bertz CT molecular complexity index is 547. The van der Waals surface area contributed by atoms with Gasteiger partial charge in [-0.15, -0.1) is 0 Å². The van der Waals surface area contributed by atoms with Crippen molar-refractivity contribution in [2.45, 2.75) is 18.3 Å². The van der Waals surface area contributed by atoms with E-state index in [2.05, 4.69) is 4.74 Å². The van der Waals surface area contributed by atoms with Gasteiger partial charge in [-0.3, -0.25) is 4.79 Å². The molecule has 2 atom stereocenters. The maximum absolute atomic E-state index is 12.3. The number of alkyl halides is 3. The largest absolute Gasteiger partial charge is 0.497 e. The lowest BCUT2D eigenvalue weighted by Crippen LogP contribution is -2.50. The van der Waals surface area contributed by atoms with Crippen LogP contribution in [0.1, 0.15) is 11.7 Å². The SMILES string of the molecule is COC(=O)[C@@H](NC(=O)C(F)(F)F)[C@@H](O)c1cccc(OC)c1. The maximum atomic E-state index is 12.3. The number of halogens is 3. The minimum atomic E-state index is -5.19. The molecule has 0 bridgehead atoms. The average Bonchev–Trinajstić information content (AvgIpc) is 2.50. The summed E-state index contributed by atoms with van der Waals surface area (Å²) in [6, 6.07) is 3.78. The molecule has 1 amide bonds. The van der Waals surface area contributed by atoms with Crippen LogP contribution in [0.15, 0.2) is 24.3 Å². The molecule has 0 saturated carbocycles. The molecule has 0 unspecified atom stereocenters. The molecule has 0 aliphatic heterocycles. The third-order valence-corrected chi connectivity index (χ3v) is 2.75. The van der Waals surface area contributed by atoms with Crippen LogP contribution in [-0.4, -0.2) is 43.4 Å². The summed E-state index contributed by atoms with van der Waals surface area (Å²) in [6.07, 6.45) is -6.94. The molecule has 0 saturated heterocycles. The number of carbonyl (C=O) groups is 2. The van der Waals surface area contributed by atoms with Gasteiger partial charge in [0.25, 0.3) is 0 Å². The maximum Gasteiger partial charge on any atom is 0.471 e. The van der Waals surface area contributed by atoms with Crippen LogP contribution in [0.5, 0.6) is 5.75 Å². The highest BCUT2D eigenvalue weighted by molar-refractivity contribution is 5.88. The van der Waals surface area contributed by atoms with Crippen LogP contribution in [0.2, 0.25) is 0 Å². The molecule has 2 N–H and O–H groups in total. The minimum Gasteiger partial charge on any atom is -0.497 e. The highest BCUT2D eigenvalue weighted by Gasteiger charge is 2.43. The van der Waals surface area contributed by atoms with Crippen LogP contribution in [-0.2, 0) is 14.3 Å². The van der Waals surface area contributed by atoms with Crippen LogP contribution in [0, 0.1) is 0 Å². The number of amides is 1. The molecule has 9 heteroatoms. The number of rotatable bonds is 5. The van der Waals surface area contributed by atoms with E-state index < -0.39 is 30.2 Å². The third kappa shape index (κ3) is 4.35. The van der Waals surface area contributed by atoms with Crippen LogP contribution < -0.4 is 10.1 Å². The van der Waals surface area contributed by atoms with E-state index in [1.165, 1.54) is 36.7 Å². The minimum absolute atomic E-state index is 0.0808.